The van der Waals surface area contributed by atoms with Crippen LogP contribution < -0.4 is 16.4 Å². The molecule has 3 rings (SSSR count). The van der Waals surface area contributed by atoms with Crippen molar-refractivity contribution in [3.8, 4) is 28.0 Å². The van der Waals surface area contributed by atoms with Gasteiger partial charge in [0.25, 0.3) is 0 Å². The smallest absolute Gasteiger partial charge is 0.206 e. The SMILES string of the molecule is CCc1c(-c2ccc(O)cc2)cnc(NCCN)c1-c1ccc(C)nc1.CNC=O. The average Bonchev–Trinajstić information content (AvgIpc) is 2.78. The molecule has 1 aromatic carbocycles. The van der Waals surface area contributed by atoms with Crippen LogP contribution in [0.2, 0.25) is 0 Å². The molecule has 2 aromatic heterocycles. The number of aromatic hydroxyl groups is 1. The third-order valence-electron chi connectivity index (χ3n) is 4.47. The van der Waals surface area contributed by atoms with Gasteiger partial charge in [-0.3, -0.25) is 9.78 Å². The topological polar surface area (TPSA) is 113 Å². The molecule has 0 radical (unpaired) electrons. The molecule has 0 aliphatic carbocycles. The van der Waals surface area contributed by atoms with Gasteiger partial charge in [-0.1, -0.05) is 25.1 Å². The Hall–Kier alpha value is -3.45. The van der Waals surface area contributed by atoms with E-state index in [4.69, 9.17) is 10.5 Å². The number of nitrogens with two attached hydrogens (primary N) is 1. The zero-order chi connectivity index (χ0) is 21.9. The van der Waals surface area contributed by atoms with Gasteiger partial charge in [0, 0.05) is 54.9 Å². The molecule has 158 valence electrons. The van der Waals surface area contributed by atoms with E-state index in [2.05, 4.69) is 33.6 Å². The van der Waals surface area contributed by atoms with Crippen LogP contribution in [-0.4, -0.2) is 41.6 Å². The molecule has 1 amide bonds. The van der Waals surface area contributed by atoms with Crippen LogP contribution in [0.15, 0.2) is 48.8 Å². The highest BCUT2D eigenvalue weighted by molar-refractivity contribution is 5.85. The number of hydrogen-bond acceptors (Lipinski definition) is 6. The minimum Gasteiger partial charge on any atom is -0.508 e. The second-order valence-electron chi connectivity index (χ2n) is 6.58. The summed E-state index contributed by atoms with van der Waals surface area (Å²) in [6, 6.07) is 11.3. The number of nitrogens with zero attached hydrogens (tertiary/aromatic N) is 2. The van der Waals surface area contributed by atoms with Gasteiger partial charge in [0.2, 0.25) is 6.41 Å². The molecule has 7 heteroatoms. The Morgan fingerprint density at radius 2 is 1.73 bits per heavy atom. The molecule has 7 nitrogen and oxygen atoms in total. The van der Waals surface area contributed by atoms with Crippen molar-refractivity contribution in [1.82, 2.24) is 15.3 Å². The first-order valence-electron chi connectivity index (χ1n) is 9.84. The lowest BCUT2D eigenvalue weighted by Crippen LogP contribution is -2.15. The molecule has 0 atom stereocenters. The number of nitrogens with one attached hydrogen (secondary N) is 2. The van der Waals surface area contributed by atoms with Gasteiger partial charge in [-0.25, -0.2) is 4.98 Å². The van der Waals surface area contributed by atoms with E-state index in [-0.39, 0.29) is 5.75 Å². The summed E-state index contributed by atoms with van der Waals surface area (Å²) in [7, 11) is 1.56. The number of carbonyl (C=O) groups excluding carboxylic acids is 1. The van der Waals surface area contributed by atoms with Gasteiger partial charge in [0.1, 0.15) is 11.6 Å². The first-order valence-corrected chi connectivity index (χ1v) is 9.84. The predicted molar refractivity (Wildman–Crippen MR) is 121 cm³/mol. The molecule has 0 bridgehead atoms. The van der Waals surface area contributed by atoms with Crippen LogP contribution in [-0.2, 0) is 11.2 Å². The second-order valence-corrected chi connectivity index (χ2v) is 6.58. The first-order chi connectivity index (χ1) is 14.5. The molecule has 3 aromatic rings. The predicted octanol–water partition coefficient (Wildman–Crippen LogP) is 3.12. The van der Waals surface area contributed by atoms with Crippen LogP contribution in [0.25, 0.3) is 22.3 Å². The van der Waals surface area contributed by atoms with Gasteiger partial charge >= 0.3 is 0 Å². The summed E-state index contributed by atoms with van der Waals surface area (Å²) >= 11 is 0. The van der Waals surface area contributed by atoms with Crippen LogP contribution in [0.5, 0.6) is 5.75 Å². The Labute approximate surface area is 177 Å². The Kier molecular flexibility index (Phi) is 8.77. The molecule has 0 fully saturated rings. The van der Waals surface area contributed by atoms with Crippen molar-refractivity contribution >= 4 is 12.2 Å². The van der Waals surface area contributed by atoms with Crippen LogP contribution in [0.3, 0.4) is 0 Å². The third kappa shape index (κ3) is 5.78. The fourth-order valence-corrected chi connectivity index (χ4v) is 3.06. The van der Waals surface area contributed by atoms with E-state index in [0.717, 1.165) is 40.2 Å². The second kappa shape index (κ2) is 11.5. The van der Waals surface area contributed by atoms with Gasteiger partial charge in [0.15, 0.2) is 0 Å². The molecule has 2 heterocycles. The highest BCUT2D eigenvalue weighted by atomic mass is 16.3. The number of phenols is 1. The lowest BCUT2D eigenvalue weighted by Gasteiger charge is -2.18. The van der Waals surface area contributed by atoms with Crippen molar-refractivity contribution in [1.29, 1.82) is 0 Å². The van der Waals surface area contributed by atoms with E-state index in [1.54, 1.807) is 19.2 Å². The Morgan fingerprint density at radius 1 is 1.07 bits per heavy atom. The van der Waals surface area contributed by atoms with Crippen molar-refractivity contribution < 1.29 is 9.90 Å². The van der Waals surface area contributed by atoms with Gasteiger partial charge in [-0.15, -0.1) is 0 Å². The minimum atomic E-state index is 0.254. The number of aromatic nitrogens is 2. The van der Waals surface area contributed by atoms with Crippen molar-refractivity contribution in [3.05, 3.63) is 60.0 Å². The Morgan fingerprint density at radius 3 is 2.27 bits per heavy atom. The number of aryl methyl sites for hydroxylation is 1. The van der Waals surface area contributed by atoms with Crippen molar-refractivity contribution in [3.63, 3.8) is 0 Å². The van der Waals surface area contributed by atoms with Crippen molar-refractivity contribution in [2.24, 2.45) is 5.73 Å². The fourth-order valence-electron chi connectivity index (χ4n) is 3.06. The Balaban J connectivity index is 0.000000735. The van der Waals surface area contributed by atoms with E-state index in [1.807, 2.05) is 37.5 Å². The average molecular weight is 408 g/mol. The van der Waals surface area contributed by atoms with E-state index in [0.29, 0.717) is 19.5 Å². The maximum atomic E-state index is 9.58. The zero-order valence-corrected chi connectivity index (χ0v) is 17.6. The summed E-state index contributed by atoms with van der Waals surface area (Å²) in [5, 5.41) is 15.2. The quantitative estimate of drug-likeness (QED) is 0.448. The molecule has 0 aliphatic heterocycles. The molecule has 0 saturated heterocycles. The summed E-state index contributed by atoms with van der Waals surface area (Å²) in [5.41, 5.74) is 12.0. The maximum absolute atomic E-state index is 9.58. The fraction of sp³-hybridized carbons (Fsp3) is 0.261. The van der Waals surface area contributed by atoms with E-state index >= 15 is 0 Å². The van der Waals surface area contributed by atoms with Crippen LogP contribution >= 0.6 is 0 Å². The van der Waals surface area contributed by atoms with Gasteiger partial charge < -0.3 is 21.5 Å². The standard InChI is InChI=1S/C21H24N4O.C2H5NO/c1-3-18-19(15-6-8-17(26)9-7-15)13-25-21(23-11-10-22)20(18)16-5-4-14(2)24-12-16;1-3-2-4/h4-9,12-13,26H,3,10-11,22H2,1-2H3,(H,23,25);2H,1H3,(H,3,4). The van der Waals surface area contributed by atoms with Gasteiger partial charge in [0.05, 0.1) is 0 Å². The van der Waals surface area contributed by atoms with Crippen LogP contribution in [0.1, 0.15) is 18.2 Å². The zero-order valence-electron chi connectivity index (χ0n) is 17.6. The first kappa shape index (κ1) is 22.8. The molecular formula is C23H29N5O2. The number of hydrogen-bond donors (Lipinski definition) is 4. The third-order valence-corrected chi connectivity index (χ3v) is 4.47. The lowest BCUT2D eigenvalue weighted by molar-refractivity contribution is -0.109. The highest BCUT2D eigenvalue weighted by Gasteiger charge is 2.17. The molecular weight excluding hydrogens is 378 g/mol. The number of amides is 1. The van der Waals surface area contributed by atoms with E-state index < -0.39 is 0 Å². The van der Waals surface area contributed by atoms with Crippen molar-refractivity contribution in [2.45, 2.75) is 20.3 Å². The van der Waals surface area contributed by atoms with E-state index in [1.165, 1.54) is 5.56 Å². The van der Waals surface area contributed by atoms with Crippen LogP contribution in [0, 0.1) is 6.92 Å². The molecule has 30 heavy (non-hydrogen) atoms. The summed E-state index contributed by atoms with van der Waals surface area (Å²) in [6.45, 7) is 5.30. The van der Waals surface area contributed by atoms with Gasteiger partial charge in [-0.05, 0) is 42.7 Å². The van der Waals surface area contributed by atoms with Crippen molar-refractivity contribution in [2.75, 3.05) is 25.5 Å². The molecule has 0 spiro atoms. The number of rotatable bonds is 7. The molecule has 0 saturated carbocycles. The summed E-state index contributed by atoms with van der Waals surface area (Å²) in [5.74, 6) is 1.07. The number of benzene rings is 1. The van der Waals surface area contributed by atoms with Gasteiger partial charge in [-0.2, -0.15) is 0 Å². The summed E-state index contributed by atoms with van der Waals surface area (Å²) in [4.78, 5) is 18.2. The summed E-state index contributed by atoms with van der Waals surface area (Å²) in [6.07, 6.45) is 5.24. The molecule has 0 unspecified atom stereocenters. The highest BCUT2D eigenvalue weighted by Crippen LogP contribution is 2.37. The Bertz CT molecular complexity index is 941. The monoisotopic (exact) mass is 407 g/mol. The number of anilines is 1. The minimum absolute atomic E-state index is 0.254. The normalized spacial score (nSPS) is 10.0. The number of pyridine rings is 2. The number of phenolic OH excluding ortho intramolecular Hbond substituents is 1. The number of carbonyl (C=O) groups is 1. The maximum Gasteiger partial charge on any atom is 0.206 e. The summed E-state index contributed by atoms with van der Waals surface area (Å²) < 4.78 is 0. The lowest BCUT2D eigenvalue weighted by atomic mass is 9.92. The molecule has 5 N–H and O–H groups in total. The van der Waals surface area contributed by atoms with E-state index in [9.17, 15) is 5.11 Å². The van der Waals surface area contributed by atoms with Crippen LogP contribution in [0.4, 0.5) is 5.82 Å². The molecule has 0 aliphatic rings. The largest absolute Gasteiger partial charge is 0.508 e.